The normalized spacial score (nSPS) is 11.2. The van der Waals surface area contributed by atoms with Crippen molar-refractivity contribution in [3.05, 3.63) is 29.8 Å². The van der Waals surface area contributed by atoms with E-state index >= 15 is 0 Å². The fourth-order valence-electron chi connectivity index (χ4n) is 1.70. The number of hydrogen-bond acceptors (Lipinski definition) is 3. The molecule has 1 aromatic rings. The van der Waals surface area contributed by atoms with Crippen LogP contribution in [0.3, 0.4) is 0 Å². The van der Waals surface area contributed by atoms with Gasteiger partial charge in [-0.2, -0.15) is 4.39 Å². The van der Waals surface area contributed by atoms with Gasteiger partial charge in [-0.25, -0.2) is 4.98 Å². The Morgan fingerprint density at radius 1 is 1.35 bits per heavy atom. The highest BCUT2D eigenvalue weighted by atomic mass is 19.1. The number of amides is 1. The zero-order valence-electron chi connectivity index (χ0n) is 11.6. The number of carboxylic acid groups (broad SMARTS) is 1. The minimum absolute atomic E-state index is 0.114. The molecular formula is C14H19FN2O3. The van der Waals surface area contributed by atoms with E-state index in [9.17, 15) is 14.0 Å². The molecule has 0 aromatic carbocycles. The summed E-state index contributed by atoms with van der Waals surface area (Å²) < 4.78 is 12.6. The van der Waals surface area contributed by atoms with Crippen molar-refractivity contribution in [2.24, 2.45) is 5.41 Å². The van der Waals surface area contributed by atoms with Gasteiger partial charge in [0, 0.05) is 19.2 Å². The Hall–Kier alpha value is -1.98. The Morgan fingerprint density at radius 3 is 2.60 bits per heavy atom. The van der Waals surface area contributed by atoms with Gasteiger partial charge >= 0.3 is 5.97 Å². The van der Waals surface area contributed by atoms with E-state index in [1.54, 1.807) is 0 Å². The molecule has 1 heterocycles. The summed E-state index contributed by atoms with van der Waals surface area (Å²) in [5.74, 6) is -1.76. The molecule has 0 unspecified atom stereocenters. The van der Waals surface area contributed by atoms with Gasteiger partial charge in [-0.15, -0.1) is 0 Å². The van der Waals surface area contributed by atoms with E-state index in [4.69, 9.17) is 5.11 Å². The van der Waals surface area contributed by atoms with Crippen LogP contribution in [0.5, 0.6) is 0 Å². The molecule has 5 nitrogen and oxygen atoms in total. The van der Waals surface area contributed by atoms with E-state index in [1.807, 2.05) is 13.8 Å². The van der Waals surface area contributed by atoms with Crippen LogP contribution in [0.2, 0.25) is 0 Å². The number of carbonyl (C=O) groups excluding carboxylic acids is 1. The fraction of sp³-hybridized carbons (Fsp3) is 0.500. The molecule has 0 saturated heterocycles. The molecule has 20 heavy (non-hydrogen) atoms. The molecule has 0 radical (unpaired) electrons. The van der Waals surface area contributed by atoms with Crippen LogP contribution in [0, 0.1) is 11.4 Å². The standard InChI is InChI=1S/C14H19FN2O3/c1-14(2,6-5-12(18)19)7-8-16-13(20)10-3-4-11(15)17-9-10/h3-4,9H,5-8H2,1-2H3,(H,16,20)(H,18,19). The Bertz CT molecular complexity index is 472. The molecule has 0 bridgehead atoms. The summed E-state index contributed by atoms with van der Waals surface area (Å²) in [7, 11) is 0. The molecule has 1 rings (SSSR count). The second-order valence-corrected chi connectivity index (χ2v) is 5.43. The number of nitrogens with zero attached hydrogens (tertiary/aromatic N) is 1. The molecule has 0 atom stereocenters. The molecule has 0 spiro atoms. The van der Waals surface area contributed by atoms with Crippen LogP contribution >= 0.6 is 0 Å². The monoisotopic (exact) mass is 282 g/mol. The van der Waals surface area contributed by atoms with Crippen LogP contribution in [0.25, 0.3) is 0 Å². The third kappa shape index (κ3) is 5.77. The molecule has 0 aliphatic carbocycles. The number of hydrogen-bond donors (Lipinski definition) is 2. The quantitative estimate of drug-likeness (QED) is 0.752. The molecule has 0 fully saturated rings. The van der Waals surface area contributed by atoms with E-state index < -0.39 is 11.9 Å². The molecule has 0 saturated carbocycles. The number of nitrogens with one attached hydrogen (secondary N) is 1. The maximum Gasteiger partial charge on any atom is 0.303 e. The van der Waals surface area contributed by atoms with Crippen molar-refractivity contribution >= 4 is 11.9 Å². The fourth-order valence-corrected chi connectivity index (χ4v) is 1.70. The number of halogens is 1. The second kappa shape index (κ2) is 6.98. The van der Waals surface area contributed by atoms with Gasteiger partial charge < -0.3 is 10.4 Å². The van der Waals surface area contributed by atoms with Crippen LogP contribution in [0.15, 0.2) is 18.3 Å². The number of aliphatic carboxylic acids is 1. The predicted octanol–water partition coefficient (Wildman–Crippen LogP) is 2.23. The minimum atomic E-state index is -0.820. The lowest BCUT2D eigenvalue weighted by molar-refractivity contribution is -0.137. The number of carbonyl (C=O) groups is 2. The summed E-state index contributed by atoms with van der Waals surface area (Å²) in [6.45, 7) is 4.35. The van der Waals surface area contributed by atoms with E-state index in [0.29, 0.717) is 24.9 Å². The van der Waals surface area contributed by atoms with Crippen molar-refractivity contribution in [3.63, 3.8) is 0 Å². The topological polar surface area (TPSA) is 79.3 Å². The van der Waals surface area contributed by atoms with Crippen molar-refractivity contribution in [2.45, 2.75) is 33.1 Å². The van der Waals surface area contributed by atoms with Crippen molar-refractivity contribution in [2.75, 3.05) is 6.54 Å². The highest BCUT2D eigenvalue weighted by molar-refractivity contribution is 5.93. The van der Waals surface area contributed by atoms with Crippen LogP contribution in [0.1, 0.15) is 43.5 Å². The summed E-state index contributed by atoms with van der Waals surface area (Å²) in [5.41, 5.74) is 0.141. The number of aromatic nitrogens is 1. The van der Waals surface area contributed by atoms with Crippen LogP contribution < -0.4 is 5.32 Å². The van der Waals surface area contributed by atoms with E-state index in [1.165, 1.54) is 12.3 Å². The first-order chi connectivity index (χ1) is 9.30. The van der Waals surface area contributed by atoms with Crippen molar-refractivity contribution in [1.29, 1.82) is 0 Å². The lowest BCUT2D eigenvalue weighted by atomic mass is 9.84. The van der Waals surface area contributed by atoms with Gasteiger partial charge in [0.2, 0.25) is 5.95 Å². The smallest absolute Gasteiger partial charge is 0.303 e. The number of carboxylic acids is 1. The highest BCUT2D eigenvalue weighted by Crippen LogP contribution is 2.26. The predicted molar refractivity (Wildman–Crippen MR) is 71.8 cm³/mol. The largest absolute Gasteiger partial charge is 0.481 e. The summed E-state index contributed by atoms with van der Waals surface area (Å²) in [4.78, 5) is 25.7. The third-order valence-corrected chi connectivity index (χ3v) is 3.09. The average Bonchev–Trinajstić information content (AvgIpc) is 2.37. The first-order valence-corrected chi connectivity index (χ1v) is 6.42. The van der Waals surface area contributed by atoms with Gasteiger partial charge in [0.15, 0.2) is 0 Å². The third-order valence-electron chi connectivity index (χ3n) is 3.09. The molecule has 110 valence electrons. The maximum absolute atomic E-state index is 12.6. The van der Waals surface area contributed by atoms with Crippen LogP contribution in [0.4, 0.5) is 4.39 Å². The average molecular weight is 282 g/mol. The Kier molecular flexibility index (Phi) is 5.61. The molecule has 0 aliphatic heterocycles. The van der Waals surface area contributed by atoms with Gasteiger partial charge in [0.25, 0.3) is 5.91 Å². The van der Waals surface area contributed by atoms with Gasteiger partial charge in [0.1, 0.15) is 0 Å². The van der Waals surface area contributed by atoms with Gasteiger partial charge in [-0.05, 0) is 30.4 Å². The Labute approximate surface area is 117 Å². The van der Waals surface area contributed by atoms with E-state index in [0.717, 1.165) is 6.07 Å². The van der Waals surface area contributed by atoms with Gasteiger partial charge in [0.05, 0.1) is 5.56 Å². The Morgan fingerprint density at radius 2 is 2.05 bits per heavy atom. The molecule has 2 N–H and O–H groups in total. The molecule has 0 aliphatic rings. The molecule has 1 amide bonds. The number of pyridine rings is 1. The number of rotatable bonds is 7. The van der Waals surface area contributed by atoms with Crippen LogP contribution in [-0.2, 0) is 4.79 Å². The summed E-state index contributed by atoms with van der Waals surface area (Å²) >= 11 is 0. The lowest BCUT2D eigenvalue weighted by Gasteiger charge is -2.23. The minimum Gasteiger partial charge on any atom is -0.481 e. The van der Waals surface area contributed by atoms with E-state index in [-0.39, 0.29) is 17.7 Å². The first kappa shape index (κ1) is 16.1. The molecule has 6 heteroatoms. The second-order valence-electron chi connectivity index (χ2n) is 5.43. The maximum atomic E-state index is 12.6. The van der Waals surface area contributed by atoms with E-state index in [2.05, 4.69) is 10.3 Å². The first-order valence-electron chi connectivity index (χ1n) is 6.42. The van der Waals surface area contributed by atoms with Crippen LogP contribution in [-0.4, -0.2) is 28.5 Å². The van der Waals surface area contributed by atoms with Crippen molar-refractivity contribution in [1.82, 2.24) is 10.3 Å². The summed E-state index contributed by atoms with van der Waals surface area (Å²) in [6, 6.07) is 2.50. The molecular weight excluding hydrogens is 263 g/mol. The SMILES string of the molecule is CC(C)(CCNC(=O)c1ccc(F)nc1)CCC(=O)O. The molecule has 1 aromatic heterocycles. The van der Waals surface area contributed by atoms with Gasteiger partial charge in [-0.1, -0.05) is 13.8 Å². The van der Waals surface area contributed by atoms with Crippen molar-refractivity contribution < 1.29 is 19.1 Å². The summed E-state index contributed by atoms with van der Waals surface area (Å²) in [5, 5.41) is 11.4. The van der Waals surface area contributed by atoms with Crippen molar-refractivity contribution in [3.8, 4) is 0 Å². The zero-order valence-corrected chi connectivity index (χ0v) is 11.6. The summed E-state index contributed by atoms with van der Waals surface area (Å²) in [6.07, 6.45) is 2.51. The lowest BCUT2D eigenvalue weighted by Crippen LogP contribution is -2.28. The highest BCUT2D eigenvalue weighted by Gasteiger charge is 2.19. The van der Waals surface area contributed by atoms with Gasteiger partial charge in [-0.3, -0.25) is 9.59 Å². The Balaban J connectivity index is 2.38. The zero-order chi connectivity index (χ0) is 15.2.